The minimum absolute atomic E-state index is 0.382. The van der Waals surface area contributed by atoms with Gasteiger partial charge >= 0.3 is 0 Å². The molecule has 7 heteroatoms. The third kappa shape index (κ3) is 3.92. The van der Waals surface area contributed by atoms with Crippen molar-refractivity contribution in [2.45, 2.75) is 13.0 Å². The maximum atomic E-state index is 12.7. The van der Waals surface area contributed by atoms with Crippen molar-refractivity contribution >= 4 is 34.8 Å². The summed E-state index contributed by atoms with van der Waals surface area (Å²) in [5, 5.41) is 4.04. The third-order valence-corrected chi connectivity index (χ3v) is 5.24. The van der Waals surface area contributed by atoms with Crippen molar-refractivity contribution in [1.29, 1.82) is 0 Å². The second-order valence-corrected chi connectivity index (χ2v) is 7.10. The van der Waals surface area contributed by atoms with E-state index in [4.69, 9.17) is 17.3 Å². The van der Waals surface area contributed by atoms with Crippen LogP contribution in [0.1, 0.15) is 27.0 Å². The van der Waals surface area contributed by atoms with Crippen LogP contribution in [0.4, 0.5) is 0 Å². The third-order valence-electron chi connectivity index (χ3n) is 3.79. The highest BCUT2D eigenvalue weighted by Crippen LogP contribution is 2.29. The average molecular weight is 386 g/mol. The van der Waals surface area contributed by atoms with Crippen LogP contribution in [0.2, 0.25) is 5.02 Å². The second kappa shape index (κ2) is 7.68. The van der Waals surface area contributed by atoms with Crippen molar-refractivity contribution in [2.24, 2.45) is 5.73 Å². The van der Waals surface area contributed by atoms with Crippen LogP contribution < -0.4 is 11.1 Å². The fraction of sp³-hybridized carbons (Fsp3) is 0.105. The molecule has 2 amide bonds. The van der Waals surface area contributed by atoms with Gasteiger partial charge in [-0.15, -0.1) is 11.3 Å². The van der Waals surface area contributed by atoms with E-state index in [0.717, 1.165) is 5.56 Å². The number of hydrogen-bond acceptors (Lipinski definition) is 4. The Morgan fingerprint density at radius 2 is 1.77 bits per heavy atom. The number of carbonyl (C=O) groups is 2. The quantitative estimate of drug-likeness (QED) is 0.701. The van der Waals surface area contributed by atoms with Gasteiger partial charge in [-0.3, -0.25) is 9.59 Å². The zero-order valence-corrected chi connectivity index (χ0v) is 15.5. The molecule has 2 aromatic carbocycles. The number of nitrogens with two attached hydrogens (primary N) is 1. The molecule has 1 heterocycles. The van der Waals surface area contributed by atoms with E-state index < -0.39 is 11.9 Å². The van der Waals surface area contributed by atoms with Crippen LogP contribution in [0.5, 0.6) is 0 Å². The minimum atomic E-state index is -0.899. The first-order chi connectivity index (χ1) is 12.5. The van der Waals surface area contributed by atoms with Crippen molar-refractivity contribution < 1.29 is 9.59 Å². The summed E-state index contributed by atoms with van der Waals surface area (Å²) in [7, 11) is 0. The predicted molar refractivity (Wildman–Crippen MR) is 103 cm³/mol. The molecule has 0 aliphatic carbocycles. The number of aromatic nitrogens is 1. The molecule has 0 unspecified atom stereocenters. The lowest BCUT2D eigenvalue weighted by atomic mass is 10.1. The fourth-order valence-electron chi connectivity index (χ4n) is 2.48. The molecule has 0 saturated carbocycles. The molecule has 1 aromatic heterocycles. The van der Waals surface area contributed by atoms with Crippen molar-refractivity contribution in [2.75, 3.05) is 0 Å². The van der Waals surface area contributed by atoms with Crippen LogP contribution in [-0.4, -0.2) is 16.8 Å². The van der Waals surface area contributed by atoms with Gasteiger partial charge in [0, 0.05) is 10.6 Å². The summed E-state index contributed by atoms with van der Waals surface area (Å²) >= 11 is 7.16. The van der Waals surface area contributed by atoms with Gasteiger partial charge in [-0.2, -0.15) is 0 Å². The maximum absolute atomic E-state index is 12.7. The van der Waals surface area contributed by atoms with Gasteiger partial charge in [-0.1, -0.05) is 54.1 Å². The van der Waals surface area contributed by atoms with Gasteiger partial charge in [-0.05, 0) is 24.6 Å². The molecule has 3 N–H and O–H groups in total. The Bertz CT molecular complexity index is 939. The highest BCUT2D eigenvalue weighted by molar-refractivity contribution is 7.17. The lowest BCUT2D eigenvalue weighted by molar-refractivity contribution is -0.120. The van der Waals surface area contributed by atoms with Gasteiger partial charge < -0.3 is 11.1 Å². The molecule has 3 rings (SSSR count). The number of aryl methyl sites for hydroxylation is 1. The van der Waals surface area contributed by atoms with E-state index in [0.29, 0.717) is 26.2 Å². The molecule has 1 atom stereocenters. The number of rotatable bonds is 5. The van der Waals surface area contributed by atoms with Gasteiger partial charge in [0.15, 0.2) is 0 Å². The van der Waals surface area contributed by atoms with Crippen LogP contribution in [-0.2, 0) is 4.79 Å². The number of benzene rings is 2. The van der Waals surface area contributed by atoms with Crippen molar-refractivity contribution in [3.63, 3.8) is 0 Å². The summed E-state index contributed by atoms with van der Waals surface area (Å²) < 4.78 is 0. The number of primary amides is 1. The number of thiazole rings is 1. The summed E-state index contributed by atoms with van der Waals surface area (Å²) in [5.41, 5.74) is 7.56. The highest BCUT2D eigenvalue weighted by Gasteiger charge is 2.23. The van der Waals surface area contributed by atoms with E-state index in [2.05, 4.69) is 10.3 Å². The Morgan fingerprint density at radius 3 is 2.38 bits per heavy atom. The molecule has 132 valence electrons. The first kappa shape index (κ1) is 18.1. The molecular weight excluding hydrogens is 370 g/mol. The van der Waals surface area contributed by atoms with Crippen LogP contribution in [0.3, 0.4) is 0 Å². The molecule has 3 aromatic rings. The highest BCUT2D eigenvalue weighted by atomic mass is 35.5. The van der Waals surface area contributed by atoms with E-state index in [1.165, 1.54) is 11.3 Å². The SMILES string of the molecule is Cc1nc(-c2ccc(Cl)cc2)sc1C(=O)N[C@@H](C(N)=O)c1ccccc1. The van der Waals surface area contributed by atoms with Gasteiger partial charge in [0.25, 0.3) is 5.91 Å². The molecular formula is C19H16ClN3O2S. The first-order valence-corrected chi connectivity index (χ1v) is 9.03. The monoisotopic (exact) mass is 385 g/mol. The topological polar surface area (TPSA) is 85.1 Å². The molecule has 0 aliphatic heterocycles. The van der Waals surface area contributed by atoms with Gasteiger partial charge in [0.1, 0.15) is 15.9 Å². The molecule has 0 spiro atoms. The molecule has 5 nitrogen and oxygen atoms in total. The predicted octanol–water partition coefficient (Wildman–Crippen LogP) is 3.73. The fourth-order valence-corrected chi connectivity index (χ4v) is 3.58. The Hall–Kier alpha value is -2.70. The van der Waals surface area contributed by atoms with Gasteiger partial charge in [-0.25, -0.2) is 4.98 Å². The van der Waals surface area contributed by atoms with Crippen LogP contribution >= 0.6 is 22.9 Å². The number of nitrogens with zero attached hydrogens (tertiary/aromatic N) is 1. The van der Waals surface area contributed by atoms with Crippen LogP contribution in [0.15, 0.2) is 54.6 Å². The Morgan fingerprint density at radius 1 is 1.12 bits per heavy atom. The number of nitrogens with one attached hydrogen (secondary N) is 1. The Labute approximate surface area is 159 Å². The zero-order valence-electron chi connectivity index (χ0n) is 13.9. The minimum Gasteiger partial charge on any atom is -0.368 e. The van der Waals surface area contributed by atoms with Crippen LogP contribution in [0, 0.1) is 6.92 Å². The van der Waals surface area contributed by atoms with Gasteiger partial charge in [0.2, 0.25) is 5.91 Å². The summed E-state index contributed by atoms with van der Waals surface area (Å²) in [6.45, 7) is 1.76. The summed E-state index contributed by atoms with van der Waals surface area (Å²) in [4.78, 5) is 29.4. The molecule has 0 fully saturated rings. The van der Waals surface area contributed by atoms with Crippen LogP contribution in [0.25, 0.3) is 10.6 Å². The maximum Gasteiger partial charge on any atom is 0.264 e. The standard InChI is InChI=1S/C19H16ClN3O2S/c1-11-16(26-19(22-11)13-7-9-14(20)10-8-13)18(25)23-15(17(21)24)12-5-3-2-4-6-12/h2-10,15H,1H3,(H2,21,24)(H,23,25)/t15-/m1/s1. The van der Waals surface area contributed by atoms with Crippen molar-refractivity contribution in [1.82, 2.24) is 10.3 Å². The van der Waals surface area contributed by atoms with E-state index in [1.807, 2.05) is 18.2 Å². The second-order valence-electron chi connectivity index (χ2n) is 5.66. The molecule has 0 bridgehead atoms. The summed E-state index contributed by atoms with van der Waals surface area (Å²) in [5.74, 6) is -1.00. The number of halogens is 1. The smallest absolute Gasteiger partial charge is 0.264 e. The Balaban J connectivity index is 1.85. The number of hydrogen-bond donors (Lipinski definition) is 2. The first-order valence-electron chi connectivity index (χ1n) is 7.84. The zero-order chi connectivity index (χ0) is 18.7. The number of amides is 2. The van der Waals surface area contributed by atoms with E-state index in [9.17, 15) is 9.59 Å². The van der Waals surface area contributed by atoms with E-state index in [1.54, 1.807) is 43.3 Å². The van der Waals surface area contributed by atoms with E-state index in [-0.39, 0.29) is 5.91 Å². The largest absolute Gasteiger partial charge is 0.368 e. The lowest BCUT2D eigenvalue weighted by Crippen LogP contribution is -2.37. The molecule has 26 heavy (non-hydrogen) atoms. The molecule has 0 saturated heterocycles. The normalized spacial score (nSPS) is 11.8. The molecule has 0 radical (unpaired) electrons. The van der Waals surface area contributed by atoms with Crippen molar-refractivity contribution in [3.05, 3.63) is 75.8 Å². The summed E-state index contributed by atoms with van der Waals surface area (Å²) in [6, 6.07) is 15.2. The molecule has 0 aliphatic rings. The summed E-state index contributed by atoms with van der Waals surface area (Å²) in [6.07, 6.45) is 0. The van der Waals surface area contributed by atoms with Crippen molar-refractivity contribution in [3.8, 4) is 10.6 Å². The number of carbonyl (C=O) groups excluding carboxylic acids is 2. The van der Waals surface area contributed by atoms with E-state index >= 15 is 0 Å². The Kier molecular flexibility index (Phi) is 5.35. The average Bonchev–Trinajstić information content (AvgIpc) is 3.02. The van der Waals surface area contributed by atoms with Gasteiger partial charge in [0.05, 0.1) is 5.69 Å². The lowest BCUT2D eigenvalue weighted by Gasteiger charge is -2.15.